The van der Waals surface area contributed by atoms with Crippen LogP contribution in [0, 0.1) is 11.8 Å². The van der Waals surface area contributed by atoms with E-state index in [1.807, 2.05) is 25.2 Å². The van der Waals surface area contributed by atoms with Crippen LogP contribution in [-0.2, 0) is 4.79 Å². The third-order valence-corrected chi connectivity index (χ3v) is 5.82. The van der Waals surface area contributed by atoms with Crippen LogP contribution in [0.4, 0.5) is 11.6 Å². The maximum Gasteiger partial charge on any atom is 0.228 e. The second-order valence-corrected chi connectivity index (χ2v) is 7.69. The Morgan fingerprint density at radius 1 is 1.26 bits per heavy atom. The fourth-order valence-corrected chi connectivity index (χ4v) is 3.92. The summed E-state index contributed by atoms with van der Waals surface area (Å²) in [6, 6.07) is 5.55. The van der Waals surface area contributed by atoms with Crippen LogP contribution in [0.25, 0.3) is 27.8 Å². The maximum absolute atomic E-state index is 12.5. The molecular formula is C22H23N7O2. The van der Waals surface area contributed by atoms with Crippen LogP contribution >= 0.6 is 0 Å². The van der Waals surface area contributed by atoms with E-state index in [0.29, 0.717) is 34.8 Å². The van der Waals surface area contributed by atoms with Gasteiger partial charge in [-0.1, -0.05) is 13.3 Å². The topological polar surface area (TPSA) is 106 Å². The minimum atomic E-state index is 0.0288. The lowest BCUT2D eigenvalue weighted by Crippen LogP contribution is -2.15. The van der Waals surface area contributed by atoms with Gasteiger partial charge in [0.1, 0.15) is 17.4 Å². The van der Waals surface area contributed by atoms with Crippen molar-refractivity contribution in [2.24, 2.45) is 11.8 Å². The second-order valence-electron chi connectivity index (χ2n) is 7.69. The smallest absolute Gasteiger partial charge is 0.228 e. The Hall–Kier alpha value is -3.75. The third-order valence-electron chi connectivity index (χ3n) is 5.82. The van der Waals surface area contributed by atoms with Gasteiger partial charge in [-0.25, -0.2) is 19.5 Å². The Bertz CT molecular complexity index is 1300. The van der Waals surface area contributed by atoms with Crippen LogP contribution < -0.4 is 15.4 Å². The van der Waals surface area contributed by atoms with Crippen molar-refractivity contribution < 1.29 is 9.53 Å². The van der Waals surface area contributed by atoms with E-state index in [4.69, 9.17) is 4.74 Å². The molecule has 0 bridgehead atoms. The monoisotopic (exact) mass is 417 g/mol. The van der Waals surface area contributed by atoms with Gasteiger partial charge in [0.15, 0.2) is 11.5 Å². The molecule has 1 aliphatic rings. The standard InChI is InChI=1S/C22H23N7O2/c1-4-12-7-14(12)22(30)26-18-8-15-16(9-24-18)20(23-2)25-10-17(15)21-27-19-6-5-13(31-3)11-29(19)28-21/h5-6,8-12,14H,4,7H2,1-3H3,(H,23,25)(H,24,26,30)/t12-,14-/m0/s1. The molecule has 9 heteroatoms. The lowest BCUT2D eigenvalue weighted by atomic mass is 10.1. The third kappa shape index (κ3) is 3.41. The van der Waals surface area contributed by atoms with Crippen LogP contribution in [-0.4, -0.2) is 44.6 Å². The van der Waals surface area contributed by atoms with E-state index in [1.54, 1.807) is 30.2 Å². The van der Waals surface area contributed by atoms with Crippen molar-refractivity contribution in [1.82, 2.24) is 24.6 Å². The Kier molecular flexibility index (Phi) is 4.65. The van der Waals surface area contributed by atoms with Crippen LogP contribution in [0.5, 0.6) is 5.75 Å². The number of ether oxygens (including phenoxy) is 1. The van der Waals surface area contributed by atoms with Crippen molar-refractivity contribution in [3.8, 4) is 17.1 Å². The number of hydrogen-bond acceptors (Lipinski definition) is 7. The Labute approximate surface area is 178 Å². The molecule has 4 aromatic heterocycles. The number of carbonyl (C=O) groups excluding carboxylic acids is 1. The number of nitrogens with zero attached hydrogens (tertiary/aromatic N) is 5. The molecule has 4 heterocycles. The number of rotatable bonds is 6. The van der Waals surface area contributed by atoms with E-state index < -0.39 is 0 Å². The van der Waals surface area contributed by atoms with Crippen LogP contribution in [0.2, 0.25) is 0 Å². The molecule has 5 rings (SSSR count). The van der Waals surface area contributed by atoms with Gasteiger partial charge >= 0.3 is 0 Å². The van der Waals surface area contributed by atoms with Gasteiger partial charge in [-0.3, -0.25) is 4.79 Å². The molecule has 9 nitrogen and oxygen atoms in total. The molecule has 0 radical (unpaired) electrons. The predicted octanol–water partition coefficient (Wildman–Crippen LogP) is 3.37. The summed E-state index contributed by atoms with van der Waals surface area (Å²) < 4.78 is 6.95. The number of nitrogens with one attached hydrogen (secondary N) is 2. The number of pyridine rings is 3. The fraction of sp³-hybridized carbons (Fsp3) is 0.318. The van der Waals surface area contributed by atoms with Gasteiger partial charge in [0.25, 0.3) is 0 Å². The highest BCUT2D eigenvalue weighted by molar-refractivity contribution is 6.03. The lowest BCUT2D eigenvalue weighted by Gasteiger charge is -2.10. The van der Waals surface area contributed by atoms with E-state index in [2.05, 4.69) is 37.6 Å². The second kappa shape index (κ2) is 7.50. The predicted molar refractivity (Wildman–Crippen MR) is 118 cm³/mol. The van der Waals surface area contributed by atoms with Gasteiger partial charge in [-0.2, -0.15) is 0 Å². The number of methoxy groups -OCH3 is 1. The Balaban J connectivity index is 1.58. The number of aromatic nitrogens is 5. The van der Waals surface area contributed by atoms with Crippen molar-refractivity contribution in [2.75, 3.05) is 24.8 Å². The lowest BCUT2D eigenvalue weighted by molar-refractivity contribution is -0.117. The number of hydrogen-bond donors (Lipinski definition) is 2. The average Bonchev–Trinajstić information content (AvgIpc) is 3.48. The summed E-state index contributed by atoms with van der Waals surface area (Å²) >= 11 is 0. The van der Waals surface area contributed by atoms with Gasteiger partial charge in [0.2, 0.25) is 5.91 Å². The molecule has 2 N–H and O–H groups in total. The highest BCUT2D eigenvalue weighted by Crippen LogP contribution is 2.41. The number of anilines is 2. The Morgan fingerprint density at radius 3 is 2.87 bits per heavy atom. The van der Waals surface area contributed by atoms with Gasteiger partial charge in [0.05, 0.1) is 13.3 Å². The first-order valence-electron chi connectivity index (χ1n) is 10.3. The first kappa shape index (κ1) is 19.2. The van der Waals surface area contributed by atoms with Crippen molar-refractivity contribution in [2.45, 2.75) is 19.8 Å². The number of amides is 1. The summed E-state index contributed by atoms with van der Waals surface area (Å²) in [5.41, 5.74) is 1.45. The van der Waals surface area contributed by atoms with E-state index in [9.17, 15) is 4.79 Å². The molecule has 1 fully saturated rings. The van der Waals surface area contributed by atoms with Crippen molar-refractivity contribution in [1.29, 1.82) is 0 Å². The molecule has 31 heavy (non-hydrogen) atoms. The summed E-state index contributed by atoms with van der Waals surface area (Å²) in [5.74, 6) is 3.03. The molecule has 0 spiro atoms. The molecule has 2 atom stereocenters. The zero-order chi connectivity index (χ0) is 21.5. The highest BCUT2D eigenvalue weighted by Gasteiger charge is 2.41. The molecule has 0 aliphatic heterocycles. The molecular weight excluding hydrogens is 394 g/mol. The van der Waals surface area contributed by atoms with Crippen molar-refractivity contribution in [3.63, 3.8) is 0 Å². The average molecular weight is 417 g/mol. The first-order valence-corrected chi connectivity index (χ1v) is 10.3. The minimum absolute atomic E-state index is 0.0288. The Morgan fingerprint density at radius 2 is 2.13 bits per heavy atom. The van der Waals surface area contributed by atoms with Gasteiger partial charge < -0.3 is 15.4 Å². The van der Waals surface area contributed by atoms with E-state index in [0.717, 1.165) is 29.2 Å². The van der Waals surface area contributed by atoms with E-state index >= 15 is 0 Å². The zero-order valence-electron chi connectivity index (χ0n) is 17.6. The number of carbonyl (C=O) groups is 1. The summed E-state index contributed by atoms with van der Waals surface area (Å²) in [5, 5.41) is 12.3. The SMILES string of the molecule is CC[C@H]1C[C@@H]1C(=O)Nc1cc2c(-c3nc4ccc(OC)cn4n3)cnc(NC)c2cn1. The van der Waals surface area contributed by atoms with E-state index in [1.165, 1.54) is 0 Å². The quantitative estimate of drug-likeness (QED) is 0.495. The first-order chi connectivity index (χ1) is 15.1. The van der Waals surface area contributed by atoms with Crippen LogP contribution in [0.3, 0.4) is 0 Å². The zero-order valence-corrected chi connectivity index (χ0v) is 17.6. The van der Waals surface area contributed by atoms with E-state index in [-0.39, 0.29) is 11.8 Å². The van der Waals surface area contributed by atoms with Crippen LogP contribution in [0.15, 0.2) is 36.8 Å². The molecule has 158 valence electrons. The molecule has 1 aliphatic carbocycles. The number of fused-ring (bicyclic) bond motifs is 2. The summed E-state index contributed by atoms with van der Waals surface area (Å²) in [6.07, 6.45) is 7.20. The molecule has 0 saturated heterocycles. The molecule has 4 aromatic rings. The maximum atomic E-state index is 12.5. The molecule has 1 saturated carbocycles. The fourth-order valence-electron chi connectivity index (χ4n) is 3.92. The molecule has 0 aromatic carbocycles. The minimum Gasteiger partial charge on any atom is -0.495 e. The summed E-state index contributed by atoms with van der Waals surface area (Å²) in [4.78, 5) is 26.1. The summed E-state index contributed by atoms with van der Waals surface area (Å²) in [6.45, 7) is 2.11. The van der Waals surface area contributed by atoms with Gasteiger partial charge in [0, 0.05) is 41.7 Å². The summed E-state index contributed by atoms with van der Waals surface area (Å²) in [7, 11) is 3.42. The van der Waals surface area contributed by atoms with Crippen LogP contribution in [0.1, 0.15) is 19.8 Å². The van der Waals surface area contributed by atoms with Crippen molar-refractivity contribution in [3.05, 3.63) is 36.8 Å². The molecule has 0 unspecified atom stereocenters. The normalized spacial score (nSPS) is 17.6. The van der Waals surface area contributed by atoms with Crippen molar-refractivity contribution >= 4 is 34.0 Å². The van der Waals surface area contributed by atoms with Gasteiger partial charge in [-0.15, -0.1) is 5.10 Å². The largest absolute Gasteiger partial charge is 0.495 e. The highest BCUT2D eigenvalue weighted by atomic mass is 16.5. The molecule has 1 amide bonds. The van der Waals surface area contributed by atoms with Gasteiger partial charge in [-0.05, 0) is 30.5 Å².